The van der Waals surface area contributed by atoms with Gasteiger partial charge in [0.2, 0.25) is 10.9 Å². The van der Waals surface area contributed by atoms with Crippen LogP contribution < -0.4 is 29.1 Å². The highest BCUT2D eigenvalue weighted by Gasteiger charge is 2.35. The molecule has 1 aliphatic rings. The molecule has 14 nitrogen and oxygen atoms in total. The zero-order chi connectivity index (χ0) is 37.3. The molecule has 0 amide bonds. The largest absolute Gasteiger partial charge is 0.493 e. The number of allylic oxidation sites excluding steroid dienone is 1. The fraction of sp³-hybridized carbons (Fsp3) is 0.206. The highest BCUT2D eigenvalue weighted by Crippen LogP contribution is 2.42. The van der Waals surface area contributed by atoms with Crippen molar-refractivity contribution in [3.63, 3.8) is 0 Å². The summed E-state index contributed by atoms with van der Waals surface area (Å²) < 4.78 is 23.6. The lowest BCUT2D eigenvalue weighted by Crippen LogP contribution is -2.40. The average molecular weight is 784 g/mol. The van der Waals surface area contributed by atoms with Gasteiger partial charge >= 0.3 is 5.97 Å². The van der Waals surface area contributed by atoms with Crippen LogP contribution in [0.25, 0.3) is 17.5 Å². The summed E-state index contributed by atoms with van der Waals surface area (Å²) in [6, 6.07) is 11.8. The number of hydrogen-bond donors (Lipinski definition) is 1. The highest BCUT2D eigenvalue weighted by molar-refractivity contribution is 7.99. The Hall–Kier alpha value is -5.16. The topological polar surface area (TPSA) is 173 Å². The van der Waals surface area contributed by atoms with E-state index in [-0.39, 0.29) is 32.5 Å². The Balaban J connectivity index is 1.42. The van der Waals surface area contributed by atoms with Crippen molar-refractivity contribution in [3.8, 4) is 28.6 Å². The number of ether oxygens (including phenoxy) is 4. The summed E-state index contributed by atoms with van der Waals surface area (Å²) in [4.78, 5) is 48.9. The van der Waals surface area contributed by atoms with Gasteiger partial charge in [-0.15, -0.1) is 5.10 Å². The number of H-pyrrole nitrogens is 1. The average Bonchev–Trinajstić information content (AvgIpc) is 3.70. The summed E-state index contributed by atoms with van der Waals surface area (Å²) >= 11 is 14.4. The first-order valence-corrected chi connectivity index (χ1v) is 17.7. The third-order valence-corrected chi connectivity index (χ3v) is 10.3. The number of carbonyl (C=O) groups excluding carboxylic acids is 1. The molecule has 2 aromatic heterocycles. The molecule has 1 N–H and O–H groups in total. The normalized spacial score (nSPS) is 14.1. The van der Waals surface area contributed by atoms with Crippen LogP contribution in [0.1, 0.15) is 31.0 Å². The first-order valence-electron chi connectivity index (χ1n) is 15.3. The van der Waals surface area contributed by atoms with Gasteiger partial charge in [-0.25, -0.2) is 14.8 Å². The van der Waals surface area contributed by atoms with E-state index in [1.807, 2.05) is 0 Å². The highest BCUT2D eigenvalue weighted by atomic mass is 35.5. The number of rotatable bonds is 11. The molecular weight excluding hydrogens is 755 g/mol. The molecule has 52 heavy (non-hydrogen) atoms. The lowest BCUT2D eigenvalue weighted by atomic mass is 9.95. The predicted octanol–water partition coefficient (Wildman–Crippen LogP) is 5.98. The Morgan fingerprint density at radius 3 is 2.46 bits per heavy atom. The van der Waals surface area contributed by atoms with Crippen molar-refractivity contribution < 1.29 is 28.7 Å². The van der Waals surface area contributed by atoms with E-state index in [0.717, 1.165) is 23.1 Å². The van der Waals surface area contributed by atoms with Gasteiger partial charge in [-0.1, -0.05) is 40.6 Å². The van der Waals surface area contributed by atoms with E-state index < -0.39 is 22.5 Å². The van der Waals surface area contributed by atoms with Crippen LogP contribution >= 0.6 is 46.3 Å². The summed E-state index contributed by atoms with van der Waals surface area (Å²) in [6.45, 7) is 3.44. The summed E-state index contributed by atoms with van der Waals surface area (Å²) in [5.74, 6) is 0.687. The molecule has 0 spiro atoms. The van der Waals surface area contributed by atoms with Gasteiger partial charge in [0.1, 0.15) is 0 Å². The fourth-order valence-electron chi connectivity index (χ4n) is 5.56. The maximum atomic E-state index is 14.2. The quantitative estimate of drug-likeness (QED) is 0.0950. The predicted molar refractivity (Wildman–Crippen MR) is 196 cm³/mol. The van der Waals surface area contributed by atoms with Gasteiger partial charge in [-0.3, -0.25) is 24.6 Å². The van der Waals surface area contributed by atoms with Crippen molar-refractivity contribution >= 4 is 64.0 Å². The van der Waals surface area contributed by atoms with E-state index in [1.165, 1.54) is 38.0 Å². The van der Waals surface area contributed by atoms with Crippen molar-refractivity contribution in [1.82, 2.24) is 19.7 Å². The molecule has 18 heteroatoms. The molecule has 0 bridgehead atoms. The Bertz CT molecular complexity index is 2430. The number of methoxy groups -OCH3 is 3. The van der Waals surface area contributed by atoms with Gasteiger partial charge in [-0.05, 0) is 79.2 Å². The van der Waals surface area contributed by atoms with E-state index >= 15 is 0 Å². The summed E-state index contributed by atoms with van der Waals surface area (Å²) in [5, 5.41) is 20.3. The number of nitrogens with one attached hydrogen (secondary N) is 1. The smallest absolute Gasteiger partial charge is 0.338 e. The molecule has 3 heterocycles. The second-order valence-electron chi connectivity index (χ2n) is 10.9. The minimum absolute atomic E-state index is 0.100. The number of nitrogens with zero attached hydrogens (tertiary/aromatic N) is 5. The van der Waals surface area contributed by atoms with Crippen molar-refractivity contribution in [3.05, 3.63) is 111 Å². The summed E-state index contributed by atoms with van der Waals surface area (Å²) in [6.07, 6.45) is 1.54. The molecule has 0 radical (unpaired) electrons. The van der Waals surface area contributed by atoms with Crippen LogP contribution in [0.3, 0.4) is 0 Å². The summed E-state index contributed by atoms with van der Waals surface area (Å²) in [5.41, 5.74) is 1.23. The number of fused-ring (bicyclic) bond motifs is 1. The van der Waals surface area contributed by atoms with Crippen LogP contribution in [0.15, 0.2) is 79.6 Å². The number of nitro benzene ring substituents is 1. The van der Waals surface area contributed by atoms with Crippen LogP contribution in [0.2, 0.25) is 10.0 Å². The maximum Gasteiger partial charge on any atom is 0.338 e. The number of aromatic nitrogens is 4. The van der Waals surface area contributed by atoms with E-state index in [2.05, 4.69) is 20.2 Å². The molecule has 0 fully saturated rings. The first kappa shape index (κ1) is 36.6. The Morgan fingerprint density at radius 1 is 1.10 bits per heavy atom. The lowest BCUT2D eigenvalue weighted by Gasteiger charge is -2.26. The van der Waals surface area contributed by atoms with Gasteiger partial charge in [0.05, 0.1) is 64.6 Å². The van der Waals surface area contributed by atoms with Gasteiger partial charge in [0.15, 0.2) is 22.1 Å². The van der Waals surface area contributed by atoms with Crippen LogP contribution in [0, 0.1) is 10.1 Å². The SMILES string of the molecule is CCOC(=O)C1=C(C)N=c2s/c(=C/c3ccc(Sc4n[nH]c(-c5ccc(Cl)cc5Cl)n4)c([N+](=O)[O-])c3)c(=O)n2[C@H]1c1cc(OC)c(OC)c(OC)c1. The van der Waals surface area contributed by atoms with Gasteiger partial charge in [-0.2, -0.15) is 0 Å². The number of thiazole rings is 1. The van der Waals surface area contributed by atoms with Crippen LogP contribution in [0.5, 0.6) is 17.2 Å². The molecule has 268 valence electrons. The molecule has 3 aromatic carbocycles. The molecule has 0 saturated heterocycles. The second-order valence-corrected chi connectivity index (χ2v) is 13.8. The minimum atomic E-state index is -0.978. The number of esters is 1. The Kier molecular flexibility index (Phi) is 10.7. The zero-order valence-corrected chi connectivity index (χ0v) is 31.2. The number of benzene rings is 3. The van der Waals surface area contributed by atoms with Gasteiger partial charge in [0, 0.05) is 16.7 Å². The van der Waals surface area contributed by atoms with Crippen LogP contribution in [-0.4, -0.2) is 58.6 Å². The number of hydrogen-bond acceptors (Lipinski definition) is 13. The molecule has 1 atom stereocenters. The van der Waals surface area contributed by atoms with Crippen molar-refractivity contribution in [2.24, 2.45) is 4.99 Å². The Labute approximate surface area is 313 Å². The summed E-state index contributed by atoms with van der Waals surface area (Å²) in [7, 11) is 4.39. The van der Waals surface area contributed by atoms with E-state index in [1.54, 1.807) is 56.3 Å². The number of carbonyl (C=O) groups is 1. The van der Waals surface area contributed by atoms with E-state index in [4.69, 9.17) is 42.1 Å². The van der Waals surface area contributed by atoms with Gasteiger partial charge in [0.25, 0.3) is 11.2 Å². The number of halogens is 2. The zero-order valence-electron chi connectivity index (χ0n) is 28.1. The Morgan fingerprint density at radius 2 is 1.83 bits per heavy atom. The molecule has 6 rings (SSSR count). The van der Waals surface area contributed by atoms with Crippen LogP contribution in [-0.2, 0) is 9.53 Å². The molecular formula is C34H28Cl2N6O8S2. The molecule has 1 aliphatic heterocycles. The third-order valence-electron chi connectivity index (χ3n) is 7.85. The molecule has 5 aromatic rings. The fourth-order valence-corrected chi connectivity index (χ4v) is 7.91. The standard InChI is InChI=1S/C34H28Cl2N6O8S2/c1-6-50-32(44)27-16(2)37-34-41(28(27)18-13-23(47-3)29(49-5)24(14-18)48-4)31(43)26(52-34)12-17-7-10-25(22(11-17)42(45)46)51-33-38-30(39-40-33)20-9-8-19(35)15-21(20)36/h7-15,28H,6H2,1-5H3,(H,38,39,40)/b26-12+/t28-/m0/s1. The third kappa shape index (κ3) is 7.01. The molecule has 0 aliphatic carbocycles. The number of aromatic amines is 1. The monoisotopic (exact) mass is 782 g/mol. The van der Waals surface area contributed by atoms with Crippen LogP contribution in [0.4, 0.5) is 5.69 Å². The van der Waals surface area contributed by atoms with E-state index in [9.17, 15) is 19.7 Å². The molecule has 0 saturated carbocycles. The van der Waals surface area contributed by atoms with Crippen molar-refractivity contribution in [2.45, 2.75) is 29.9 Å². The maximum absolute atomic E-state index is 14.2. The van der Waals surface area contributed by atoms with E-state index in [0.29, 0.717) is 60.3 Å². The van der Waals surface area contributed by atoms with Crippen molar-refractivity contribution in [2.75, 3.05) is 27.9 Å². The van der Waals surface area contributed by atoms with Crippen molar-refractivity contribution in [1.29, 1.82) is 0 Å². The number of nitro groups is 1. The second kappa shape index (κ2) is 15.2. The minimum Gasteiger partial charge on any atom is -0.493 e. The first-order chi connectivity index (χ1) is 25.0. The molecule has 0 unspecified atom stereocenters. The van der Waals surface area contributed by atoms with Gasteiger partial charge < -0.3 is 18.9 Å². The lowest BCUT2D eigenvalue weighted by molar-refractivity contribution is -0.387.